The molecule has 0 amide bonds. The number of ether oxygens (including phenoxy) is 1. The molecule has 0 aliphatic carbocycles. The minimum Gasteiger partial charge on any atom is -0.497 e. The van der Waals surface area contributed by atoms with Crippen LogP contribution in [-0.4, -0.2) is 21.1 Å². The van der Waals surface area contributed by atoms with Crippen LogP contribution in [0, 0.1) is 6.92 Å². The molecule has 0 unspecified atom stereocenters. The molecule has 23 heavy (non-hydrogen) atoms. The van der Waals surface area contributed by atoms with Gasteiger partial charge < -0.3 is 4.74 Å². The summed E-state index contributed by atoms with van der Waals surface area (Å²) in [5, 5.41) is 0. The Morgan fingerprint density at radius 2 is 1.91 bits per heavy atom. The molecule has 0 radical (unpaired) electrons. The highest BCUT2D eigenvalue weighted by Gasteiger charge is 2.14. The predicted molar refractivity (Wildman–Crippen MR) is 89.6 cm³/mol. The van der Waals surface area contributed by atoms with E-state index in [4.69, 9.17) is 4.74 Å². The van der Waals surface area contributed by atoms with Crippen molar-refractivity contribution in [1.29, 1.82) is 0 Å². The second-order valence-corrected chi connectivity index (χ2v) is 5.40. The average molecular weight is 305 g/mol. The second kappa shape index (κ2) is 4.98. The average Bonchev–Trinajstić information content (AvgIpc) is 3.06. The van der Waals surface area contributed by atoms with Crippen LogP contribution in [0.15, 0.2) is 59.7 Å². The van der Waals surface area contributed by atoms with Crippen molar-refractivity contribution in [2.24, 2.45) is 0 Å². The first-order valence-corrected chi connectivity index (χ1v) is 7.32. The lowest BCUT2D eigenvalue weighted by atomic mass is 10.2. The Balaban J connectivity index is 2.26. The molecule has 0 saturated heterocycles. The Morgan fingerprint density at radius 3 is 2.70 bits per heavy atom. The number of benzene rings is 2. The van der Waals surface area contributed by atoms with E-state index in [1.54, 1.807) is 24.1 Å². The molecule has 0 fully saturated rings. The summed E-state index contributed by atoms with van der Waals surface area (Å²) in [6.07, 6.45) is 3.44. The number of methoxy groups -OCH3 is 1. The summed E-state index contributed by atoms with van der Waals surface area (Å²) in [4.78, 5) is 17.2. The van der Waals surface area contributed by atoms with Gasteiger partial charge in [0.1, 0.15) is 5.75 Å². The lowest BCUT2D eigenvalue weighted by molar-refractivity contribution is 0.415. The zero-order valence-electron chi connectivity index (χ0n) is 12.9. The van der Waals surface area contributed by atoms with E-state index in [9.17, 15) is 4.79 Å². The monoisotopic (exact) mass is 305 g/mol. The largest absolute Gasteiger partial charge is 0.497 e. The van der Waals surface area contributed by atoms with Crippen molar-refractivity contribution >= 4 is 16.7 Å². The Kier molecular flexibility index (Phi) is 2.94. The van der Waals surface area contributed by atoms with Gasteiger partial charge in [-0.25, -0.2) is 4.98 Å². The number of hydrogen-bond acceptors (Lipinski definition) is 3. The van der Waals surface area contributed by atoms with Gasteiger partial charge >= 0.3 is 0 Å². The van der Waals surface area contributed by atoms with Crippen molar-refractivity contribution in [2.45, 2.75) is 6.92 Å². The van der Waals surface area contributed by atoms with E-state index in [1.807, 2.05) is 53.8 Å². The SMILES string of the molecule is COc1ccc2c(c1)n(-c1ccccc1C)c(=O)c1nccn12. The molecule has 4 aromatic rings. The molecule has 114 valence electrons. The highest BCUT2D eigenvalue weighted by atomic mass is 16.5. The van der Waals surface area contributed by atoms with Gasteiger partial charge in [-0.05, 0) is 30.7 Å². The van der Waals surface area contributed by atoms with Crippen LogP contribution in [-0.2, 0) is 0 Å². The molecule has 2 aromatic carbocycles. The van der Waals surface area contributed by atoms with Crippen LogP contribution in [0.4, 0.5) is 0 Å². The van der Waals surface area contributed by atoms with E-state index >= 15 is 0 Å². The Labute approximate surface area is 132 Å². The van der Waals surface area contributed by atoms with Crippen LogP contribution >= 0.6 is 0 Å². The van der Waals surface area contributed by atoms with Crippen molar-refractivity contribution in [2.75, 3.05) is 7.11 Å². The summed E-state index contributed by atoms with van der Waals surface area (Å²) in [6, 6.07) is 13.5. The van der Waals surface area contributed by atoms with E-state index in [2.05, 4.69) is 4.98 Å². The van der Waals surface area contributed by atoms with Gasteiger partial charge in [0.2, 0.25) is 5.65 Å². The number of fused-ring (bicyclic) bond motifs is 3. The lowest BCUT2D eigenvalue weighted by Crippen LogP contribution is -2.22. The van der Waals surface area contributed by atoms with Crippen molar-refractivity contribution in [3.63, 3.8) is 0 Å². The zero-order valence-corrected chi connectivity index (χ0v) is 12.9. The quantitative estimate of drug-likeness (QED) is 0.572. The minimum absolute atomic E-state index is 0.148. The third-order valence-corrected chi connectivity index (χ3v) is 4.07. The number of aryl methyl sites for hydroxylation is 1. The van der Waals surface area contributed by atoms with Gasteiger partial charge in [0, 0.05) is 18.5 Å². The molecule has 0 N–H and O–H groups in total. The third-order valence-electron chi connectivity index (χ3n) is 4.07. The molecule has 2 heterocycles. The molecule has 5 nitrogen and oxygen atoms in total. The molecule has 2 aromatic heterocycles. The molecular formula is C18H15N3O2. The van der Waals surface area contributed by atoms with E-state index in [-0.39, 0.29) is 5.56 Å². The number of rotatable bonds is 2. The van der Waals surface area contributed by atoms with Crippen molar-refractivity contribution in [3.8, 4) is 11.4 Å². The van der Waals surface area contributed by atoms with Gasteiger partial charge in [-0.2, -0.15) is 0 Å². The molecule has 4 rings (SSSR count). The fourth-order valence-electron chi connectivity index (χ4n) is 2.93. The molecule has 0 saturated carbocycles. The number of nitrogens with zero attached hydrogens (tertiary/aromatic N) is 3. The fraction of sp³-hybridized carbons (Fsp3) is 0.111. The summed E-state index contributed by atoms with van der Waals surface area (Å²) in [7, 11) is 1.62. The summed E-state index contributed by atoms with van der Waals surface area (Å²) < 4.78 is 8.85. The molecule has 0 aliphatic heterocycles. The number of aromatic nitrogens is 3. The van der Waals surface area contributed by atoms with Crippen LogP contribution in [0.25, 0.3) is 22.4 Å². The van der Waals surface area contributed by atoms with Gasteiger partial charge in [0.15, 0.2) is 0 Å². The zero-order chi connectivity index (χ0) is 16.0. The summed E-state index contributed by atoms with van der Waals surface area (Å²) in [5.41, 5.74) is 3.82. The number of para-hydroxylation sites is 1. The van der Waals surface area contributed by atoms with Gasteiger partial charge in [-0.15, -0.1) is 0 Å². The molecule has 0 atom stereocenters. The Hall–Kier alpha value is -3.08. The van der Waals surface area contributed by atoms with E-state index < -0.39 is 0 Å². The first-order valence-electron chi connectivity index (χ1n) is 7.32. The van der Waals surface area contributed by atoms with Crippen LogP contribution in [0.1, 0.15) is 5.56 Å². The lowest BCUT2D eigenvalue weighted by Gasteiger charge is -2.14. The highest BCUT2D eigenvalue weighted by Crippen LogP contribution is 2.24. The second-order valence-electron chi connectivity index (χ2n) is 5.40. The van der Waals surface area contributed by atoms with Crippen LogP contribution in [0.5, 0.6) is 5.75 Å². The normalized spacial score (nSPS) is 11.2. The maximum atomic E-state index is 13.0. The van der Waals surface area contributed by atoms with E-state index in [0.717, 1.165) is 22.3 Å². The minimum atomic E-state index is -0.148. The highest BCUT2D eigenvalue weighted by molar-refractivity contribution is 5.81. The van der Waals surface area contributed by atoms with Gasteiger partial charge in [-0.1, -0.05) is 18.2 Å². The first-order chi connectivity index (χ1) is 11.2. The van der Waals surface area contributed by atoms with Crippen LogP contribution < -0.4 is 10.3 Å². The summed E-state index contributed by atoms with van der Waals surface area (Å²) in [6.45, 7) is 1.99. The van der Waals surface area contributed by atoms with Crippen molar-refractivity contribution in [3.05, 3.63) is 70.8 Å². The van der Waals surface area contributed by atoms with Gasteiger partial charge in [-0.3, -0.25) is 13.8 Å². The molecule has 0 bridgehead atoms. The number of imidazole rings is 1. The van der Waals surface area contributed by atoms with E-state index in [1.165, 1.54) is 0 Å². The summed E-state index contributed by atoms with van der Waals surface area (Å²) >= 11 is 0. The Morgan fingerprint density at radius 1 is 1.09 bits per heavy atom. The van der Waals surface area contributed by atoms with E-state index in [0.29, 0.717) is 11.4 Å². The molecular weight excluding hydrogens is 290 g/mol. The van der Waals surface area contributed by atoms with Crippen molar-refractivity contribution in [1.82, 2.24) is 14.0 Å². The van der Waals surface area contributed by atoms with Crippen LogP contribution in [0.3, 0.4) is 0 Å². The maximum absolute atomic E-state index is 13.0. The predicted octanol–water partition coefficient (Wildman–Crippen LogP) is 2.96. The van der Waals surface area contributed by atoms with Crippen LogP contribution in [0.2, 0.25) is 0 Å². The number of hydrogen-bond donors (Lipinski definition) is 0. The van der Waals surface area contributed by atoms with Crippen molar-refractivity contribution < 1.29 is 4.74 Å². The standard InChI is InChI=1S/C18H15N3O2/c1-12-5-3-4-6-14(12)21-16-11-13(23-2)7-8-15(16)20-10-9-19-17(20)18(21)22/h3-11H,1-2H3. The summed E-state index contributed by atoms with van der Waals surface area (Å²) in [5.74, 6) is 0.707. The maximum Gasteiger partial charge on any atom is 0.299 e. The Bertz CT molecular complexity index is 1090. The van der Waals surface area contributed by atoms with Gasteiger partial charge in [0.25, 0.3) is 5.56 Å². The van der Waals surface area contributed by atoms with Gasteiger partial charge in [0.05, 0.1) is 23.8 Å². The molecule has 0 spiro atoms. The first kappa shape index (κ1) is 13.6. The molecule has 5 heteroatoms. The third kappa shape index (κ3) is 1.93. The fourth-order valence-corrected chi connectivity index (χ4v) is 2.93. The smallest absolute Gasteiger partial charge is 0.299 e. The molecule has 0 aliphatic rings. The topological polar surface area (TPSA) is 48.5 Å².